The molecule has 4 aromatic rings. The lowest BCUT2D eigenvalue weighted by molar-refractivity contribution is -0.131. The zero-order valence-corrected chi connectivity index (χ0v) is 20.0. The van der Waals surface area contributed by atoms with Gasteiger partial charge in [-0.05, 0) is 43.0 Å². The first-order valence-corrected chi connectivity index (χ1v) is 12.5. The van der Waals surface area contributed by atoms with Gasteiger partial charge >= 0.3 is 0 Å². The van der Waals surface area contributed by atoms with E-state index in [-0.39, 0.29) is 11.2 Å². The predicted molar refractivity (Wildman–Crippen MR) is 132 cm³/mol. The predicted octanol–water partition coefficient (Wildman–Crippen LogP) is 5.51. The summed E-state index contributed by atoms with van der Waals surface area (Å²) in [5, 5.41) is 9.40. The number of carbonyl (C=O) groups is 1. The molecule has 0 radical (unpaired) electrons. The highest BCUT2D eigenvalue weighted by Crippen LogP contribution is 2.40. The quantitative estimate of drug-likeness (QED) is 0.285. The van der Waals surface area contributed by atoms with Gasteiger partial charge in [-0.25, -0.2) is 0 Å². The van der Waals surface area contributed by atoms with Gasteiger partial charge in [0.15, 0.2) is 5.16 Å². The van der Waals surface area contributed by atoms with E-state index in [2.05, 4.69) is 39.0 Å². The number of thioether (sulfide) groups is 1. The molecule has 1 aliphatic rings. The fourth-order valence-electron chi connectivity index (χ4n) is 4.02. The maximum atomic E-state index is 13.7. The normalized spacial score (nSPS) is 14.1. The van der Waals surface area contributed by atoms with E-state index in [0.29, 0.717) is 25.6 Å². The van der Waals surface area contributed by atoms with Gasteiger partial charge in [-0.15, -0.1) is 10.2 Å². The van der Waals surface area contributed by atoms with Crippen LogP contribution in [0.4, 0.5) is 0 Å². The Kier molecular flexibility index (Phi) is 6.81. The van der Waals surface area contributed by atoms with Crippen molar-refractivity contribution in [3.63, 3.8) is 0 Å². The summed E-state index contributed by atoms with van der Waals surface area (Å²) >= 11 is 1.47. The highest BCUT2D eigenvalue weighted by Gasteiger charge is 2.32. The lowest BCUT2D eigenvalue weighted by atomic mass is 10.1. The van der Waals surface area contributed by atoms with Gasteiger partial charge in [-0.3, -0.25) is 9.36 Å². The first kappa shape index (κ1) is 22.5. The van der Waals surface area contributed by atoms with Gasteiger partial charge in [-0.1, -0.05) is 72.4 Å². The number of furan rings is 1. The van der Waals surface area contributed by atoms with Crippen LogP contribution in [0.25, 0.3) is 0 Å². The van der Waals surface area contributed by atoms with E-state index in [0.717, 1.165) is 40.7 Å². The Balaban J connectivity index is 1.35. The zero-order chi connectivity index (χ0) is 23.3. The summed E-state index contributed by atoms with van der Waals surface area (Å²) in [4.78, 5) is 15.6. The molecule has 0 spiro atoms. The summed E-state index contributed by atoms with van der Waals surface area (Å²) in [6.07, 6.45) is 3.95. The average molecular weight is 473 g/mol. The monoisotopic (exact) mass is 472 g/mol. The first-order chi connectivity index (χ1) is 16.7. The highest BCUT2D eigenvalue weighted by atomic mass is 32.2. The van der Waals surface area contributed by atoms with Gasteiger partial charge in [0.1, 0.15) is 11.6 Å². The summed E-state index contributed by atoms with van der Waals surface area (Å²) in [7, 11) is 0. The second kappa shape index (κ2) is 10.3. The molecule has 0 N–H and O–H groups in total. The standard InChI is InChI=1S/C27H28N4O2S/c1-20(34-27-29-28-25(23-14-15-23)31(27)19-24-13-8-16-33-24)26(32)30(17-21-9-4-2-5-10-21)18-22-11-6-3-7-12-22/h2-13,16,20,23H,14-15,17-19H2,1H3. The molecule has 2 heterocycles. The summed E-state index contributed by atoms with van der Waals surface area (Å²) in [5.41, 5.74) is 2.22. The van der Waals surface area contributed by atoms with Gasteiger partial charge in [0.2, 0.25) is 5.91 Å². The number of rotatable bonds is 10. The highest BCUT2D eigenvalue weighted by molar-refractivity contribution is 8.00. The van der Waals surface area contributed by atoms with Crippen LogP contribution in [0.3, 0.4) is 0 Å². The van der Waals surface area contributed by atoms with E-state index in [4.69, 9.17) is 4.42 Å². The number of amides is 1. The van der Waals surface area contributed by atoms with Crippen LogP contribution in [-0.4, -0.2) is 30.8 Å². The Morgan fingerprint density at radius 1 is 1.00 bits per heavy atom. The SMILES string of the molecule is CC(Sc1nnc(C2CC2)n1Cc1ccco1)C(=O)N(Cc1ccccc1)Cc1ccccc1. The van der Waals surface area contributed by atoms with Crippen LogP contribution in [0, 0.1) is 0 Å². The maximum absolute atomic E-state index is 13.7. The second-order valence-electron chi connectivity index (χ2n) is 8.71. The molecule has 5 rings (SSSR count). The number of hydrogen-bond acceptors (Lipinski definition) is 5. The van der Waals surface area contributed by atoms with Gasteiger partial charge in [0.05, 0.1) is 18.1 Å². The summed E-state index contributed by atoms with van der Waals surface area (Å²) in [6.45, 7) is 3.66. The molecule has 0 aliphatic heterocycles. The number of hydrogen-bond donors (Lipinski definition) is 0. The molecule has 1 atom stereocenters. The fraction of sp³-hybridized carbons (Fsp3) is 0.296. The van der Waals surface area contributed by atoms with Crippen LogP contribution < -0.4 is 0 Å². The molecule has 34 heavy (non-hydrogen) atoms. The molecule has 2 aromatic heterocycles. The van der Waals surface area contributed by atoms with Crippen molar-refractivity contribution in [2.45, 2.75) is 55.7 Å². The minimum absolute atomic E-state index is 0.0817. The Morgan fingerprint density at radius 2 is 1.65 bits per heavy atom. The smallest absolute Gasteiger partial charge is 0.236 e. The Labute approximate surface area is 204 Å². The lowest BCUT2D eigenvalue weighted by Gasteiger charge is -2.26. The van der Waals surface area contributed by atoms with E-state index in [1.54, 1.807) is 6.26 Å². The van der Waals surface area contributed by atoms with Crippen LogP contribution >= 0.6 is 11.8 Å². The molecule has 174 valence electrons. The molecular formula is C27H28N4O2S. The third-order valence-corrected chi connectivity index (χ3v) is 7.02. The van der Waals surface area contributed by atoms with Crippen molar-refractivity contribution in [1.82, 2.24) is 19.7 Å². The van der Waals surface area contributed by atoms with Gasteiger partial charge < -0.3 is 9.32 Å². The molecule has 1 saturated carbocycles. The molecular weight excluding hydrogens is 444 g/mol. The molecule has 0 saturated heterocycles. The third kappa shape index (κ3) is 5.42. The van der Waals surface area contributed by atoms with Crippen molar-refractivity contribution in [1.29, 1.82) is 0 Å². The molecule has 1 unspecified atom stereocenters. The fourth-order valence-corrected chi connectivity index (χ4v) is 4.96. The minimum atomic E-state index is -0.306. The van der Waals surface area contributed by atoms with E-state index in [1.807, 2.05) is 60.4 Å². The molecule has 1 fully saturated rings. The summed E-state index contributed by atoms with van der Waals surface area (Å²) in [6, 6.07) is 24.1. The second-order valence-corrected chi connectivity index (χ2v) is 10.0. The molecule has 6 nitrogen and oxygen atoms in total. The number of nitrogens with zero attached hydrogens (tertiary/aromatic N) is 4. The van der Waals surface area contributed by atoms with Crippen molar-refractivity contribution >= 4 is 17.7 Å². The molecule has 2 aromatic carbocycles. The topological polar surface area (TPSA) is 64.2 Å². The van der Waals surface area contributed by atoms with Crippen LogP contribution in [0.1, 0.15) is 48.4 Å². The number of benzene rings is 2. The Bertz CT molecular complexity index is 1160. The van der Waals surface area contributed by atoms with Crippen molar-refractivity contribution in [2.24, 2.45) is 0 Å². The van der Waals surface area contributed by atoms with Gasteiger partial charge in [0, 0.05) is 19.0 Å². The van der Waals surface area contributed by atoms with Crippen molar-refractivity contribution in [3.8, 4) is 0 Å². The van der Waals surface area contributed by atoms with Crippen molar-refractivity contribution < 1.29 is 9.21 Å². The van der Waals surface area contributed by atoms with E-state index >= 15 is 0 Å². The van der Waals surface area contributed by atoms with Crippen LogP contribution in [0.2, 0.25) is 0 Å². The number of aromatic nitrogens is 3. The first-order valence-electron chi connectivity index (χ1n) is 11.7. The van der Waals surface area contributed by atoms with Gasteiger partial charge in [0.25, 0.3) is 0 Å². The Morgan fingerprint density at radius 3 is 2.21 bits per heavy atom. The van der Waals surface area contributed by atoms with E-state index < -0.39 is 0 Å². The summed E-state index contributed by atoms with van der Waals surface area (Å²) in [5.74, 6) is 2.38. The average Bonchev–Trinajstić information content (AvgIpc) is 3.44. The molecule has 1 aliphatic carbocycles. The Hall–Kier alpha value is -3.32. The van der Waals surface area contributed by atoms with Crippen molar-refractivity contribution in [2.75, 3.05) is 0 Å². The molecule has 0 bridgehead atoms. The van der Waals surface area contributed by atoms with Crippen LogP contribution in [-0.2, 0) is 24.4 Å². The largest absolute Gasteiger partial charge is 0.467 e. The van der Waals surface area contributed by atoms with Crippen molar-refractivity contribution in [3.05, 3.63) is 102 Å². The van der Waals surface area contributed by atoms with E-state index in [9.17, 15) is 4.79 Å². The van der Waals surface area contributed by atoms with E-state index in [1.165, 1.54) is 11.8 Å². The lowest BCUT2D eigenvalue weighted by Crippen LogP contribution is -2.35. The summed E-state index contributed by atoms with van der Waals surface area (Å²) < 4.78 is 7.69. The molecule has 7 heteroatoms. The third-order valence-electron chi connectivity index (χ3n) is 5.96. The number of carbonyl (C=O) groups excluding carboxylic acids is 1. The van der Waals surface area contributed by atoms with Gasteiger partial charge in [-0.2, -0.15) is 0 Å². The van der Waals surface area contributed by atoms with Crippen LogP contribution in [0.15, 0.2) is 88.6 Å². The van der Waals surface area contributed by atoms with Crippen LogP contribution in [0.5, 0.6) is 0 Å². The molecule has 1 amide bonds. The zero-order valence-electron chi connectivity index (χ0n) is 19.2. The maximum Gasteiger partial charge on any atom is 0.236 e. The minimum Gasteiger partial charge on any atom is -0.467 e.